The zero-order valence-corrected chi connectivity index (χ0v) is 9.93. The zero-order chi connectivity index (χ0) is 13.0. The summed E-state index contributed by atoms with van der Waals surface area (Å²) in [6.07, 6.45) is 0.351. The molecule has 0 aromatic heterocycles. The predicted molar refractivity (Wildman–Crippen MR) is 61.3 cm³/mol. The van der Waals surface area contributed by atoms with Crippen LogP contribution in [0.4, 0.5) is 5.69 Å². The molecule has 7 heteroatoms. The summed E-state index contributed by atoms with van der Waals surface area (Å²) >= 11 is 2.87. The molecule has 0 atom stereocenters. The lowest BCUT2D eigenvalue weighted by molar-refractivity contribution is -0.385. The van der Waals surface area contributed by atoms with Crippen LogP contribution in [-0.2, 0) is 0 Å². The van der Waals surface area contributed by atoms with E-state index in [1.54, 1.807) is 6.07 Å². The van der Waals surface area contributed by atoms with Crippen molar-refractivity contribution in [2.45, 2.75) is 0 Å². The highest BCUT2D eigenvalue weighted by Gasteiger charge is 2.27. The number of nitrogens with zero attached hydrogens (tertiary/aromatic N) is 2. The highest BCUT2D eigenvalue weighted by Crippen LogP contribution is 2.27. The third-order valence-electron chi connectivity index (χ3n) is 2.04. The number of alkyl halides is 1. The minimum absolute atomic E-state index is 0.0971. The summed E-state index contributed by atoms with van der Waals surface area (Å²) in [5.41, 5.74) is -1.30. The zero-order valence-electron chi connectivity index (χ0n) is 8.34. The Kier molecular flexibility index (Phi) is 4.06. The number of nitro benzene ring substituents is 1. The molecule has 0 spiro atoms. The Hall–Kier alpha value is -2.07. The first-order chi connectivity index (χ1) is 8.06. The smallest absolute Gasteiger partial charge is 0.298 e. The quantitative estimate of drug-likeness (QED) is 0.277. The fraction of sp³-hybridized carbons (Fsp3) is 0.100. The third-order valence-corrected chi connectivity index (χ3v) is 2.55. The molecule has 0 bridgehead atoms. The van der Waals surface area contributed by atoms with Crippen LogP contribution in [0.2, 0.25) is 0 Å². The first kappa shape index (κ1) is 13.0. The van der Waals surface area contributed by atoms with Crippen LogP contribution in [0.15, 0.2) is 12.1 Å². The standard InChI is InChI=1S/C10H5BrN2O4/c11-3-8(15)9-7(5-14)2-1-6(4-12)10(9)13(16)17/h1-2,5H,3H2. The molecule has 1 aromatic carbocycles. The van der Waals surface area contributed by atoms with Crippen molar-refractivity contribution in [3.8, 4) is 6.07 Å². The summed E-state index contributed by atoms with van der Waals surface area (Å²) in [6, 6.07) is 3.98. The molecule has 0 unspecified atom stereocenters. The number of nitro groups is 1. The van der Waals surface area contributed by atoms with E-state index in [1.165, 1.54) is 6.07 Å². The highest BCUT2D eigenvalue weighted by atomic mass is 79.9. The topological polar surface area (TPSA) is 101 Å². The molecule has 0 aliphatic rings. The largest absolute Gasteiger partial charge is 0.298 e. The van der Waals surface area contributed by atoms with Crippen LogP contribution >= 0.6 is 15.9 Å². The summed E-state index contributed by atoms with van der Waals surface area (Å²) in [5.74, 6) is -0.615. The molecule has 0 amide bonds. The van der Waals surface area contributed by atoms with Gasteiger partial charge in [0.25, 0.3) is 5.69 Å². The molecule has 0 saturated heterocycles. The van der Waals surface area contributed by atoms with Crippen molar-refractivity contribution in [1.82, 2.24) is 0 Å². The second-order valence-corrected chi connectivity index (χ2v) is 3.53. The fourth-order valence-corrected chi connectivity index (χ4v) is 1.63. The van der Waals surface area contributed by atoms with Gasteiger partial charge in [-0.2, -0.15) is 5.26 Å². The lowest BCUT2D eigenvalue weighted by atomic mass is 9.99. The molecule has 0 aliphatic heterocycles. The molecule has 1 rings (SSSR count). The number of rotatable bonds is 4. The lowest BCUT2D eigenvalue weighted by Gasteiger charge is -2.04. The number of hydrogen-bond donors (Lipinski definition) is 0. The van der Waals surface area contributed by atoms with Crippen LogP contribution in [-0.4, -0.2) is 22.3 Å². The van der Waals surface area contributed by atoms with Crippen LogP contribution < -0.4 is 0 Å². The molecular formula is C10H5BrN2O4. The van der Waals surface area contributed by atoms with E-state index in [2.05, 4.69) is 15.9 Å². The second-order valence-electron chi connectivity index (χ2n) is 2.97. The van der Waals surface area contributed by atoms with Crippen LogP contribution in [0, 0.1) is 21.4 Å². The molecule has 86 valence electrons. The molecule has 1 aromatic rings. The molecule has 0 radical (unpaired) electrons. The number of aldehydes is 1. The minimum atomic E-state index is -0.832. The van der Waals surface area contributed by atoms with Gasteiger partial charge in [0.1, 0.15) is 17.2 Å². The average Bonchev–Trinajstić information content (AvgIpc) is 2.35. The SMILES string of the molecule is N#Cc1ccc(C=O)c(C(=O)CBr)c1[N+](=O)[O-]. The molecule has 0 heterocycles. The Morgan fingerprint density at radius 2 is 2.24 bits per heavy atom. The molecule has 0 saturated carbocycles. The number of ketones is 1. The Morgan fingerprint density at radius 3 is 2.65 bits per heavy atom. The monoisotopic (exact) mass is 296 g/mol. The average molecular weight is 297 g/mol. The van der Waals surface area contributed by atoms with E-state index >= 15 is 0 Å². The van der Waals surface area contributed by atoms with E-state index in [0.29, 0.717) is 6.29 Å². The molecular weight excluding hydrogens is 292 g/mol. The number of carbonyl (C=O) groups excluding carboxylic acids is 2. The van der Waals surface area contributed by atoms with E-state index < -0.39 is 16.4 Å². The number of carbonyl (C=O) groups is 2. The Bertz CT molecular complexity index is 548. The summed E-state index contributed by atoms with van der Waals surface area (Å²) in [5, 5.41) is 19.4. The van der Waals surface area contributed by atoms with Crippen molar-refractivity contribution >= 4 is 33.7 Å². The Labute approximate surface area is 104 Å². The number of hydrogen-bond acceptors (Lipinski definition) is 5. The molecule has 0 fully saturated rings. The van der Waals surface area contributed by atoms with Gasteiger partial charge < -0.3 is 0 Å². The van der Waals surface area contributed by atoms with E-state index in [-0.39, 0.29) is 22.0 Å². The van der Waals surface area contributed by atoms with Crippen molar-refractivity contribution in [3.05, 3.63) is 38.9 Å². The number of nitriles is 1. The van der Waals surface area contributed by atoms with Crippen molar-refractivity contribution < 1.29 is 14.5 Å². The summed E-state index contributed by atoms with van der Waals surface area (Å²) in [4.78, 5) is 32.3. The van der Waals surface area contributed by atoms with Gasteiger partial charge in [-0.15, -0.1) is 0 Å². The van der Waals surface area contributed by atoms with Gasteiger partial charge in [0, 0.05) is 5.56 Å². The Morgan fingerprint density at radius 1 is 1.59 bits per heavy atom. The van der Waals surface area contributed by atoms with Crippen LogP contribution in [0.25, 0.3) is 0 Å². The van der Waals surface area contributed by atoms with Gasteiger partial charge in [0.15, 0.2) is 12.1 Å². The maximum atomic E-state index is 11.6. The second kappa shape index (κ2) is 5.32. The maximum Gasteiger partial charge on any atom is 0.298 e. The van der Waals surface area contributed by atoms with E-state index in [1.807, 2.05) is 0 Å². The fourth-order valence-electron chi connectivity index (χ4n) is 1.34. The number of benzene rings is 1. The number of halogens is 1. The summed E-state index contributed by atoms with van der Waals surface area (Å²) < 4.78 is 0. The van der Waals surface area contributed by atoms with Gasteiger partial charge in [0.05, 0.1) is 10.3 Å². The molecule has 0 aliphatic carbocycles. The van der Waals surface area contributed by atoms with Crippen molar-refractivity contribution in [1.29, 1.82) is 5.26 Å². The minimum Gasteiger partial charge on any atom is -0.298 e. The molecule has 6 nitrogen and oxygen atoms in total. The predicted octanol–water partition coefficient (Wildman–Crippen LogP) is 1.86. The van der Waals surface area contributed by atoms with Crippen LogP contribution in [0.1, 0.15) is 26.3 Å². The van der Waals surface area contributed by atoms with Gasteiger partial charge >= 0.3 is 0 Å². The van der Waals surface area contributed by atoms with Gasteiger partial charge in [0.2, 0.25) is 0 Å². The maximum absolute atomic E-state index is 11.6. The van der Waals surface area contributed by atoms with E-state index in [0.717, 1.165) is 6.07 Å². The molecule has 17 heavy (non-hydrogen) atoms. The van der Waals surface area contributed by atoms with Gasteiger partial charge in [-0.25, -0.2) is 0 Å². The van der Waals surface area contributed by atoms with E-state index in [9.17, 15) is 19.7 Å². The Balaban J connectivity index is 3.71. The van der Waals surface area contributed by atoms with Crippen LogP contribution in [0.5, 0.6) is 0 Å². The summed E-state index contributed by atoms with van der Waals surface area (Å²) in [6.45, 7) is 0. The third kappa shape index (κ3) is 2.37. The molecule has 0 N–H and O–H groups in total. The van der Waals surface area contributed by atoms with Gasteiger partial charge in [-0.3, -0.25) is 19.7 Å². The van der Waals surface area contributed by atoms with Crippen LogP contribution in [0.3, 0.4) is 0 Å². The lowest BCUT2D eigenvalue weighted by Crippen LogP contribution is -2.10. The highest BCUT2D eigenvalue weighted by molar-refractivity contribution is 9.09. The van der Waals surface area contributed by atoms with Gasteiger partial charge in [-0.1, -0.05) is 15.9 Å². The first-order valence-electron chi connectivity index (χ1n) is 4.32. The first-order valence-corrected chi connectivity index (χ1v) is 5.44. The van der Waals surface area contributed by atoms with Gasteiger partial charge in [-0.05, 0) is 12.1 Å². The van der Waals surface area contributed by atoms with Crippen molar-refractivity contribution in [3.63, 3.8) is 0 Å². The number of Topliss-reactive ketones (excluding diaryl/α,β-unsaturated/α-hetero) is 1. The normalized spacial score (nSPS) is 9.41. The summed E-state index contributed by atoms with van der Waals surface area (Å²) in [7, 11) is 0. The van der Waals surface area contributed by atoms with Crippen molar-refractivity contribution in [2.75, 3.05) is 5.33 Å². The van der Waals surface area contributed by atoms with E-state index in [4.69, 9.17) is 5.26 Å². The van der Waals surface area contributed by atoms with Crippen molar-refractivity contribution in [2.24, 2.45) is 0 Å².